The molecular formula is C17H14ClN5OS2. The largest absolute Gasteiger partial charge is 0.331 e. The molecule has 0 amide bonds. The number of thioether (sulfide) groups is 1. The number of nitrogens with zero attached hydrogens (tertiary/aromatic N) is 4. The van der Waals surface area contributed by atoms with Crippen LogP contribution in [0.2, 0.25) is 5.02 Å². The number of nitrogens with one attached hydrogen (secondary N) is 1. The van der Waals surface area contributed by atoms with Gasteiger partial charge in [-0.2, -0.15) is 0 Å². The molecule has 0 aliphatic rings. The molecule has 0 unspecified atom stereocenters. The first-order valence-corrected chi connectivity index (χ1v) is 10.0. The van der Waals surface area contributed by atoms with E-state index in [4.69, 9.17) is 11.6 Å². The van der Waals surface area contributed by atoms with Gasteiger partial charge in [0.1, 0.15) is 0 Å². The highest BCUT2D eigenvalue weighted by Gasteiger charge is 2.18. The van der Waals surface area contributed by atoms with Gasteiger partial charge in [0, 0.05) is 34.7 Å². The lowest BCUT2D eigenvalue weighted by atomic mass is 10.2. The average Bonchev–Trinajstić information content (AvgIpc) is 3.31. The summed E-state index contributed by atoms with van der Waals surface area (Å²) < 4.78 is 2.01. The summed E-state index contributed by atoms with van der Waals surface area (Å²) in [7, 11) is 0. The van der Waals surface area contributed by atoms with Gasteiger partial charge in [0.2, 0.25) is 0 Å². The standard InChI is InChI=1S/C17H14ClN5OS2/c1-9-5-12(10(2)23(9)17-19-3-4-25-17)14(24)8-26-16-21-13-6-11(18)7-20-15(13)22-16/h3-7H,8H2,1-2H3,(H,20,21,22). The number of imidazole rings is 1. The summed E-state index contributed by atoms with van der Waals surface area (Å²) in [5.41, 5.74) is 3.96. The van der Waals surface area contributed by atoms with E-state index in [2.05, 4.69) is 19.9 Å². The van der Waals surface area contributed by atoms with Gasteiger partial charge in [-0.3, -0.25) is 9.36 Å². The lowest BCUT2D eigenvalue weighted by Gasteiger charge is -2.05. The molecule has 26 heavy (non-hydrogen) atoms. The Morgan fingerprint density at radius 2 is 2.19 bits per heavy atom. The van der Waals surface area contributed by atoms with E-state index in [-0.39, 0.29) is 11.5 Å². The summed E-state index contributed by atoms with van der Waals surface area (Å²) in [4.78, 5) is 28.7. The van der Waals surface area contributed by atoms with Gasteiger partial charge in [-0.1, -0.05) is 23.4 Å². The van der Waals surface area contributed by atoms with Crippen LogP contribution in [0.15, 0.2) is 35.1 Å². The van der Waals surface area contributed by atoms with Gasteiger partial charge < -0.3 is 4.98 Å². The van der Waals surface area contributed by atoms with E-state index in [1.54, 1.807) is 29.8 Å². The van der Waals surface area contributed by atoms with Crippen LogP contribution >= 0.6 is 34.7 Å². The van der Waals surface area contributed by atoms with Gasteiger partial charge in [-0.15, -0.1) is 11.3 Å². The number of aromatic amines is 1. The molecule has 0 aromatic carbocycles. The number of carbonyl (C=O) groups excluding carboxylic acids is 1. The highest BCUT2D eigenvalue weighted by molar-refractivity contribution is 7.99. The minimum Gasteiger partial charge on any atom is -0.331 e. The Kier molecular flexibility index (Phi) is 4.56. The van der Waals surface area contributed by atoms with Crippen LogP contribution in [-0.2, 0) is 0 Å². The Morgan fingerprint density at radius 1 is 1.35 bits per heavy atom. The molecule has 4 aromatic rings. The van der Waals surface area contributed by atoms with Crippen LogP contribution in [0.4, 0.5) is 0 Å². The van der Waals surface area contributed by atoms with E-state index in [1.165, 1.54) is 11.8 Å². The fourth-order valence-corrected chi connectivity index (χ4v) is 4.46. The number of aromatic nitrogens is 5. The molecule has 0 atom stereocenters. The first-order valence-electron chi connectivity index (χ1n) is 7.79. The molecule has 132 valence electrons. The molecule has 4 heterocycles. The van der Waals surface area contributed by atoms with E-state index in [0.29, 0.717) is 21.4 Å². The van der Waals surface area contributed by atoms with E-state index in [9.17, 15) is 4.79 Å². The van der Waals surface area contributed by atoms with Crippen LogP contribution in [-0.4, -0.2) is 36.0 Å². The third-order valence-corrected chi connectivity index (χ3v) is 5.80. The SMILES string of the molecule is Cc1cc(C(=O)CSc2nc3ncc(Cl)cc3[nH]2)c(C)n1-c1nccs1. The average molecular weight is 404 g/mol. The predicted octanol–water partition coefficient (Wildman–Crippen LogP) is 4.45. The second-order valence-corrected chi connectivity index (χ2v) is 7.99. The third-order valence-electron chi connectivity index (χ3n) is 3.96. The Morgan fingerprint density at radius 3 is 2.96 bits per heavy atom. The maximum absolute atomic E-state index is 12.7. The zero-order valence-electron chi connectivity index (χ0n) is 14.0. The maximum atomic E-state index is 12.7. The van der Waals surface area contributed by atoms with Crippen LogP contribution in [0.3, 0.4) is 0 Å². The van der Waals surface area contributed by atoms with Gasteiger partial charge in [0.05, 0.1) is 16.3 Å². The first-order chi connectivity index (χ1) is 12.5. The molecule has 0 aliphatic heterocycles. The molecule has 0 radical (unpaired) electrons. The second-order valence-electron chi connectivity index (χ2n) is 5.71. The van der Waals surface area contributed by atoms with Crippen LogP contribution in [0.25, 0.3) is 16.3 Å². The smallest absolute Gasteiger partial charge is 0.193 e. The second kappa shape index (κ2) is 6.86. The number of fused-ring (bicyclic) bond motifs is 1. The summed E-state index contributed by atoms with van der Waals surface area (Å²) in [6, 6.07) is 3.68. The Labute approximate surface area is 162 Å². The molecule has 0 saturated carbocycles. The Bertz CT molecular complexity index is 1100. The molecule has 4 rings (SSSR count). The zero-order valence-corrected chi connectivity index (χ0v) is 16.4. The van der Waals surface area contributed by atoms with Crippen molar-refractivity contribution in [3.63, 3.8) is 0 Å². The molecule has 4 aromatic heterocycles. The fourth-order valence-electron chi connectivity index (χ4n) is 2.80. The van der Waals surface area contributed by atoms with Gasteiger partial charge in [0.15, 0.2) is 21.7 Å². The first kappa shape index (κ1) is 17.3. The van der Waals surface area contributed by atoms with Gasteiger partial charge >= 0.3 is 0 Å². The summed E-state index contributed by atoms with van der Waals surface area (Å²) in [5, 5.41) is 3.99. The normalized spacial score (nSPS) is 11.3. The third kappa shape index (κ3) is 3.15. The number of hydrogen-bond acceptors (Lipinski definition) is 6. The fraction of sp³-hybridized carbons (Fsp3) is 0.176. The Hall–Kier alpha value is -2.16. The number of pyridine rings is 1. The van der Waals surface area contributed by atoms with Crippen LogP contribution in [0.5, 0.6) is 0 Å². The number of thiazole rings is 1. The van der Waals surface area contributed by atoms with E-state index >= 15 is 0 Å². The molecular weight excluding hydrogens is 390 g/mol. The van der Waals surface area contributed by atoms with Gasteiger partial charge in [0.25, 0.3) is 0 Å². The maximum Gasteiger partial charge on any atom is 0.193 e. The van der Waals surface area contributed by atoms with E-state index in [1.807, 2.05) is 29.9 Å². The van der Waals surface area contributed by atoms with Crippen molar-refractivity contribution in [2.75, 3.05) is 5.75 Å². The van der Waals surface area contributed by atoms with Crippen molar-refractivity contribution in [2.45, 2.75) is 19.0 Å². The van der Waals surface area contributed by atoms with Crippen LogP contribution in [0.1, 0.15) is 21.7 Å². The van der Waals surface area contributed by atoms with Gasteiger partial charge in [-0.25, -0.2) is 15.0 Å². The summed E-state index contributed by atoms with van der Waals surface area (Å²) in [6.45, 7) is 3.92. The number of Topliss-reactive ketones (excluding diaryl/α,β-unsaturated/α-hetero) is 1. The number of rotatable bonds is 5. The van der Waals surface area contributed by atoms with Crippen molar-refractivity contribution in [1.29, 1.82) is 0 Å². The lowest BCUT2D eigenvalue weighted by molar-refractivity contribution is 0.102. The highest BCUT2D eigenvalue weighted by Crippen LogP contribution is 2.25. The monoisotopic (exact) mass is 403 g/mol. The van der Waals surface area contributed by atoms with E-state index in [0.717, 1.165) is 22.0 Å². The number of H-pyrrole nitrogens is 1. The van der Waals surface area contributed by atoms with Gasteiger partial charge in [-0.05, 0) is 26.0 Å². The molecule has 0 bridgehead atoms. The number of ketones is 1. The molecule has 0 fully saturated rings. The molecule has 6 nitrogen and oxygen atoms in total. The van der Waals surface area contributed by atoms with Crippen LogP contribution in [0, 0.1) is 13.8 Å². The molecule has 0 spiro atoms. The molecule has 0 aliphatic carbocycles. The Balaban J connectivity index is 1.54. The number of carbonyl (C=O) groups is 1. The van der Waals surface area contributed by atoms with Crippen LogP contribution < -0.4 is 0 Å². The van der Waals surface area contributed by atoms with Crippen molar-refractivity contribution in [3.8, 4) is 5.13 Å². The topological polar surface area (TPSA) is 76.5 Å². The van der Waals surface area contributed by atoms with Crippen molar-refractivity contribution in [2.24, 2.45) is 0 Å². The summed E-state index contributed by atoms with van der Waals surface area (Å²) in [5.74, 6) is 0.341. The predicted molar refractivity (Wildman–Crippen MR) is 105 cm³/mol. The van der Waals surface area contributed by atoms with E-state index < -0.39 is 0 Å². The van der Waals surface area contributed by atoms with Crippen molar-refractivity contribution >= 4 is 51.6 Å². The highest BCUT2D eigenvalue weighted by atomic mass is 35.5. The van der Waals surface area contributed by atoms with Crippen molar-refractivity contribution in [3.05, 3.63) is 51.9 Å². The minimum absolute atomic E-state index is 0.0531. The molecule has 0 saturated heterocycles. The lowest BCUT2D eigenvalue weighted by Crippen LogP contribution is -2.05. The quantitative estimate of drug-likeness (QED) is 0.393. The molecule has 9 heteroatoms. The summed E-state index contributed by atoms with van der Waals surface area (Å²) >= 11 is 8.83. The summed E-state index contributed by atoms with van der Waals surface area (Å²) in [6.07, 6.45) is 3.32. The zero-order chi connectivity index (χ0) is 18.3. The minimum atomic E-state index is 0.0531. The van der Waals surface area contributed by atoms with Crippen molar-refractivity contribution < 1.29 is 4.79 Å². The number of aryl methyl sites for hydroxylation is 1. The van der Waals surface area contributed by atoms with Crippen molar-refractivity contribution in [1.82, 2.24) is 24.5 Å². The number of hydrogen-bond donors (Lipinski definition) is 1. The number of halogens is 1. The molecule has 1 N–H and O–H groups in total.